The molecule has 0 amide bonds. The third-order valence-electron chi connectivity index (χ3n) is 2.58. The van der Waals surface area contributed by atoms with Crippen LogP contribution in [0.4, 0.5) is 0 Å². The third-order valence-corrected chi connectivity index (χ3v) is 2.58. The van der Waals surface area contributed by atoms with Gasteiger partial charge in [0.15, 0.2) is 0 Å². The van der Waals surface area contributed by atoms with Crippen LogP contribution in [0.2, 0.25) is 0 Å². The number of hydrogen-bond acceptors (Lipinski definition) is 3. The molecule has 14 heavy (non-hydrogen) atoms. The van der Waals surface area contributed by atoms with Crippen LogP contribution in [0.25, 0.3) is 0 Å². The van der Waals surface area contributed by atoms with Crippen LogP contribution in [-0.2, 0) is 0 Å². The van der Waals surface area contributed by atoms with E-state index in [1.165, 1.54) is 5.56 Å². The van der Waals surface area contributed by atoms with Crippen molar-refractivity contribution in [3.8, 4) is 0 Å². The highest BCUT2D eigenvalue weighted by molar-refractivity contribution is 5.81. The van der Waals surface area contributed by atoms with Gasteiger partial charge in [0.2, 0.25) is 0 Å². The van der Waals surface area contributed by atoms with E-state index in [1.54, 1.807) is 0 Å². The highest BCUT2D eigenvalue weighted by Gasteiger charge is 2.18. The van der Waals surface area contributed by atoms with Crippen LogP contribution in [0.1, 0.15) is 24.9 Å². The second-order valence-corrected chi connectivity index (χ2v) is 3.59. The number of rotatable bonds is 2. The largest absolute Gasteiger partial charge is 0.386 e. The van der Waals surface area contributed by atoms with Gasteiger partial charge in [0.1, 0.15) is 5.84 Å². The Morgan fingerprint density at radius 3 is 2.64 bits per heavy atom. The fourth-order valence-electron chi connectivity index (χ4n) is 1.68. The van der Waals surface area contributed by atoms with Gasteiger partial charge in [0.05, 0.1) is 6.04 Å². The molecule has 1 aliphatic rings. The summed E-state index contributed by atoms with van der Waals surface area (Å²) in [6, 6.07) is 10.7. The van der Waals surface area contributed by atoms with Crippen molar-refractivity contribution in [3.63, 3.8) is 0 Å². The SMILES string of the molecule is CC(c1ccccc1)N1CCC(N)=N1. The van der Waals surface area contributed by atoms with E-state index in [9.17, 15) is 0 Å². The molecule has 0 spiro atoms. The van der Waals surface area contributed by atoms with E-state index in [0.717, 1.165) is 18.8 Å². The first-order valence-electron chi connectivity index (χ1n) is 4.92. The molecule has 1 heterocycles. The number of amidine groups is 1. The zero-order chi connectivity index (χ0) is 9.97. The molecule has 0 saturated heterocycles. The number of hydrogen-bond donors (Lipinski definition) is 1. The van der Waals surface area contributed by atoms with Gasteiger partial charge in [-0.1, -0.05) is 30.3 Å². The lowest BCUT2D eigenvalue weighted by atomic mass is 10.1. The summed E-state index contributed by atoms with van der Waals surface area (Å²) in [6.07, 6.45) is 0.886. The van der Waals surface area contributed by atoms with Gasteiger partial charge in [-0.2, -0.15) is 5.10 Å². The molecular formula is C11H15N3. The van der Waals surface area contributed by atoms with E-state index in [0.29, 0.717) is 6.04 Å². The van der Waals surface area contributed by atoms with Crippen molar-refractivity contribution >= 4 is 5.84 Å². The fraction of sp³-hybridized carbons (Fsp3) is 0.364. The molecule has 1 atom stereocenters. The maximum absolute atomic E-state index is 5.65. The number of hydrazone groups is 1. The first-order valence-corrected chi connectivity index (χ1v) is 4.92. The summed E-state index contributed by atoms with van der Waals surface area (Å²) < 4.78 is 0. The van der Waals surface area contributed by atoms with Crippen LogP contribution in [-0.4, -0.2) is 17.4 Å². The topological polar surface area (TPSA) is 41.6 Å². The quantitative estimate of drug-likeness (QED) is 0.769. The van der Waals surface area contributed by atoms with Gasteiger partial charge < -0.3 is 5.73 Å². The molecule has 1 aromatic carbocycles. The van der Waals surface area contributed by atoms with Gasteiger partial charge in [-0.15, -0.1) is 0 Å². The Morgan fingerprint density at radius 2 is 2.07 bits per heavy atom. The maximum atomic E-state index is 5.65. The van der Waals surface area contributed by atoms with E-state index in [2.05, 4.69) is 36.3 Å². The first-order chi connectivity index (χ1) is 6.77. The van der Waals surface area contributed by atoms with Crippen molar-refractivity contribution in [1.29, 1.82) is 0 Å². The molecule has 0 saturated carbocycles. The van der Waals surface area contributed by atoms with Crippen LogP contribution in [0.15, 0.2) is 35.4 Å². The number of nitrogens with zero attached hydrogens (tertiary/aromatic N) is 2. The Kier molecular flexibility index (Phi) is 2.39. The standard InChI is InChI=1S/C11H15N3/c1-9(10-5-3-2-4-6-10)14-8-7-11(12)13-14/h2-6,9H,7-8H2,1H3,(H2,12,13). The van der Waals surface area contributed by atoms with E-state index in [-0.39, 0.29) is 0 Å². The maximum Gasteiger partial charge on any atom is 0.121 e. The van der Waals surface area contributed by atoms with Gasteiger partial charge in [0, 0.05) is 13.0 Å². The van der Waals surface area contributed by atoms with Crippen molar-refractivity contribution < 1.29 is 0 Å². The number of nitrogens with two attached hydrogens (primary N) is 1. The van der Waals surface area contributed by atoms with Crippen LogP contribution >= 0.6 is 0 Å². The van der Waals surface area contributed by atoms with Crippen molar-refractivity contribution in [2.24, 2.45) is 10.8 Å². The van der Waals surface area contributed by atoms with Crippen molar-refractivity contribution in [2.45, 2.75) is 19.4 Å². The molecule has 3 heteroatoms. The molecule has 0 aliphatic carbocycles. The number of benzene rings is 1. The van der Waals surface area contributed by atoms with E-state index >= 15 is 0 Å². The molecule has 0 radical (unpaired) electrons. The van der Waals surface area contributed by atoms with Crippen LogP contribution in [0.5, 0.6) is 0 Å². The molecule has 74 valence electrons. The summed E-state index contributed by atoms with van der Waals surface area (Å²) in [5.41, 5.74) is 6.93. The highest BCUT2D eigenvalue weighted by Crippen LogP contribution is 2.22. The molecular weight excluding hydrogens is 174 g/mol. The van der Waals surface area contributed by atoms with Crippen molar-refractivity contribution in [1.82, 2.24) is 5.01 Å². The summed E-state index contributed by atoms with van der Waals surface area (Å²) in [5, 5.41) is 6.34. The average Bonchev–Trinajstić information content (AvgIpc) is 2.65. The summed E-state index contributed by atoms with van der Waals surface area (Å²) in [6.45, 7) is 3.08. The van der Waals surface area contributed by atoms with Gasteiger partial charge in [-0.25, -0.2) is 0 Å². The van der Waals surface area contributed by atoms with E-state index in [1.807, 2.05) is 11.1 Å². The smallest absolute Gasteiger partial charge is 0.121 e. The van der Waals surface area contributed by atoms with Gasteiger partial charge in [-0.3, -0.25) is 5.01 Å². The summed E-state index contributed by atoms with van der Waals surface area (Å²) >= 11 is 0. The monoisotopic (exact) mass is 189 g/mol. The molecule has 1 aromatic rings. The van der Waals surface area contributed by atoms with Gasteiger partial charge in [0.25, 0.3) is 0 Å². The summed E-state index contributed by atoms with van der Waals surface area (Å²) in [4.78, 5) is 0. The Hall–Kier alpha value is -1.51. The molecule has 3 nitrogen and oxygen atoms in total. The molecule has 2 N–H and O–H groups in total. The Morgan fingerprint density at radius 1 is 1.36 bits per heavy atom. The second-order valence-electron chi connectivity index (χ2n) is 3.59. The molecule has 0 aromatic heterocycles. The zero-order valence-corrected chi connectivity index (χ0v) is 8.35. The van der Waals surface area contributed by atoms with Gasteiger partial charge >= 0.3 is 0 Å². The minimum atomic E-state index is 0.317. The molecule has 0 bridgehead atoms. The normalized spacial score (nSPS) is 18.1. The predicted molar refractivity (Wildman–Crippen MR) is 57.8 cm³/mol. The van der Waals surface area contributed by atoms with E-state index < -0.39 is 0 Å². The minimum absolute atomic E-state index is 0.317. The lowest BCUT2D eigenvalue weighted by Gasteiger charge is -2.22. The van der Waals surface area contributed by atoms with Crippen LogP contribution < -0.4 is 5.73 Å². The first kappa shape index (κ1) is 9.06. The lowest BCUT2D eigenvalue weighted by molar-refractivity contribution is 0.245. The second kappa shape index (κ2) is 3.70. The molecule has 2 rings (SSSR count). The Balaban J connectivity index is 2.13. The molecule has 1 unspecified atom stereocenters. The third kappa shape index (κ3) is 1.71. The summed E-state index contributed by atoms with van der Waals surface area (Å²) in [5.74, 6) is 0.743. The van der Waals surface area contributed by atoms with Crippen molar-refractivity contribution in [3.05, 3.63) is 35.9 Å². The summed E-state index contributed by atoms with van der Waals surface area (Å²) in [7, 11) is 0. The minimum Gasteiger partial charge on any atom is -0.386 e. The fourth-order valence-corrected chi connectivity index (χ4v) is 1.68. The average molecular weight is 189 g/mol. The molecule has 1 aliphatic heterocycles. The lowest BCUT2D eigenvalue weighted by Crippen LogP contribution is -2.18. The Bertz CT molecular complexity index is 332. The van der Waals surface area contributed by atoms with Crippen LogP contribution in [0.3, 0.4) is 0 Å². The molecule has 0 fully saturated rings. The zero-order valence-electron chi connectivity index (χ0n) is 8.35. The highest BCUT2D eigenvalue weighted by atomic mass is 15.5. The Labute approximate surface area is 84.2 Å². The van der Waals surface area contributed by atoms with Crippen LogP contribution in [0, 0.1) is 0 Å². The van der Waals surface area contributed by atoms with E-state index in [4.69, 9.17) is 5.73 Å². The predicted octanol–water partition coefficient (Wildman–Crippen LogP) is 1.73. The van der Waals surface area contributed by atoms with Crippen molar-refractivity contribution in [2.75, 3.05) is 6.54 Å². The van der Waals surface area contributed by atoms with Gasteiger partial charge in [-0.05, 0) is 12.5 Å².